The van der Waals surface area contributed by atoms with Crippen LogP contribution in [0, 0.1) is 5.82 Å². The normalized spacial score (nSPS) is 14.5. The number of halogens is 3. The van der Waals surface area contributed by atoms with E-state index in [1.165, 1.54) is 12.4 Å². The number of amides is 3. The number of carbonyl (C=O) groups is 3. The zero-order valence-electron chi connectivity index (χ0n) is 22.1. The zero-order chi connectivity index (χ0) is 28.9. The minimum atomic E-state index is -0.561. The minimum Gasteiger partial charge on any atom is -0.345 e. The minimum absolute atomic E-state index is 0.00171. The maximum atomic E-state index is 13.3. The van der Waals surface area contributed by atoms with Gasteiger partial charge in [-0.1, -0.05) is 34.2 Å². The highest BCUT2D eigenvalue weighted by Crippen LogP contribution is 2.21. The molecule has 10 nitrogen and oxygen atoms in total. The van der Waals surface area contributed by atoms with Gasteiger partial charge in [-0.05, 0) is 56.3 Å². The van der Waals surface area contributed by atoms with Gasteiger partial charge in [0.1, 0.15) is 11.5 Å². The third-order valence-corrected chi connectivity index (χ3v) is 7.64. The van der Waals surface area contributed by atoms with Crippen molar-refractivity contribution in [2.75, 3.05) is 47.9 Å². The van der Waals surface area contributed by atoms with Crippen LogP contribution in [0.15, 0.2) is 48.8 Å². The predicted molar refractivity (Wildman–Crippen MR) is 161 cm³/mol. The average molecular weight is 682 g/mol. The maximum absolute atomic E-state index is 13.3. The van der Waals surface area contributed by atoms with E-state index in [1.54, 1.807) is 24.3 Å². The van der Waals surface area contributed by atoms with Crippen LogP contribution >= 0.6 is 34.2 Å². The van der Waals surface area contributed by atoms with E-state index in [0.29, 0.717) is 17.9 Å². The number of alkyl halides is 1. The zero-order valence-corrected chi connectivity index (χ0v) is 25.0. The Morgan fingerprint density at radius 3 is 2.17 bits per heavy atom. The summed E-state index contributed by atoms with van der Waals surface area (Å²) in [5, 5.41) is 8.40. The first-order valence-electron chi connectivity index (χ1n) is 12.6. The van der Waals surface area contributed by atoms with Crippen molar-refractivity contribution in [3.63, 3.8) is 0 Å². The molecule has 0 radical (unpaired) electrons. The molecule has 0 saturated carbocycles. The predicted octanol–water partition coefficient (Wildman–Crippen LogP) is 4.23. The van der Waals surface area contributed by atoms with Crippen LogP contribution in [0.3, 0.4) is 0 Å². The molecule has 1 saturated heterocycles. The summed E-state index contributed by atoms with van der Waals surface area (Å²) >= 11 is 8.32. The van der Waals surface area contributed by atoms with Crippen LogP contribution < -0.4 is 16.0 Å². The highest BCUT2D eigenvalue weighted by Gasteiger charge is 2.29. The number of H-pyrrole nitrogens is 1. The Balaban J connectivity index is 1.34. The summed E-state index contributed by atoms with van der Waals surface area (Å²) in [7, 11) is 0. The van der Waals surface area contributed by atoms with Gasteiger partial charge in [-0.15, -0.1) is 0 Å². The number of nitrogens with zero attached hydrogens (tertiary/aromatic N) is 3. The van der Waals surface area contributed by atoms with Crippen molar-refractivity contribution in [2.45, 2.75) is 19.4 Å². The smallest absolute Gasteiger partial charge is 0.276 e. The molecule has 0 bridgehead atoms. The number of hydrogen-bond acceptors (Lipinski definition) is 6. The molecule has 0 spiro atoms. The lowest BCUT2D eigenvalue weighted by Gasteiger charge is -2.38. The molecule has 2 heterocycles. The van der Waals surface area contributed by atoms with Gasteiger partial charge in [0, 0.05) is 49.6 Å². The molecule has 1 aliphatic rings. The quantitative estimate of drug-likeness (QED) is 0.153. The van der Waals surface area contributed by atoms with Crippen molar-refractivity contribution in [2.24, 2.45) is 0 Å². The second-order valence-electron chi connectivity index (χ2n) is 10.1. The Hall–Kier alpha value is -3.07. The molecule has 13 heteroatoms. The number of piperazine rings is 1. The van der Waals surface area contributed by atoms with Crippen LogP contribution in [0.5, 0.6) is 0 Å². The van der Waals surface area contributed by atoms with Gasteiger partial charge in [-0.2, -0.15) is 0 Å². The number of nitrogens with one attached hydrogen (secondary N) is 4. The molecule has 1 fully saturated rings. The topological polar surface area (TPSA) is 122 Å². The van der Waals surface area contributed by atoms with Crippen LogP contribution in [0.25, 0.3) is 0 Å². The molecular formula is C27H30ClFIN7O3. The summed E-state index contributed by atoms with van der Waals surface area (Å²) < 4.78 is 14.3. The fraction of sp³-hybridized carbons (Fsp3) is 0.333. The highest BCUT2D eigenvalue weighted by atomic mass is 127. The summed E-state index contributed by atoms with van der Waals surface area (Å²) in [4.78, 5) is 50.0. The number of benzene rings is 2. The van der Waals surface area contributed by atoms with E-state index in [1.807, 2.05) is 13.8 Å². The van der Waals surface area contributed by atoms with Crippen LogP contribution in [-0.4, -0.2) is 80.3 Å². The molecule has 212 valence electrons. The number of carbonyl (C=O) groups excluding carboxylic acids is 3. The van der Waals surface area contributed by atoms with Crippen molar-refractivity contribution in [1.82, 2.24) is 25.1 Å². The van der Waals surface area contributed by atoms with Crippen molar-refractivity contribution < 1.29 is 18.8 Å². The molecule has 1 aliphatic heterocycles. The van der Waals surface area contributed by atoms with Gasteiger partial charge < -0.3 is 20.9 Å². The second-order valence-corrected chi connectivity index (χ2v) is 11.2. The summed E-state index contributed by atoms with van der Waals surface area (Å²) in [6, 6.07) is 9.87. The number of hydrogen-bond donors (Lipinski definition) is 4. The van der Waals surface area contributed by atoms with Gasteiger partial charge in [-0.25, -0.2) is 9.37 Å². The third kappa shape index (κ3) is 7.77. The second kappa shape index (κ2) is 13.1. The van der Waals surface area contributed by atoms with Gasteiger partial charge in [0.25, 0.3) is 17.7 Å². The average Bonchev–Trinajstić information content (AvgIpc) is 3.40. The van der Waals surface area contributed by atoms with E-state index in [4.69, 9.17) is 11.6 Å². The first kappa shape index (κ1) is 29.9. The Morgan fingerprint density at radius 1 is 0.975 bits per heavy atom. The summed E-state index contributed by atoms with van der Waals surface area (Å²) in [5.41, 5.74) is 0.518. The summed E-state index contributed by atoms with van der Waals surface area (Å²) in [6.45, 7) is 8.44. The first-order valence-corrected chi connectivity index (χ1v) is 14.5. The van der Waals surface area contributed by atoms with E-state index in [0.717, 1.165) is 42.9 Å². The summed E-state index contributed by atoms with van der Waals surface area (Å²) in [5.74, 6) is -2.02. The van der Waals surface area contributed by atoms with E-state index in [9.17, 15) is 18.8 Å². The van der Waals surface area contributed by atoms with E-state index in [2.05, 4.69) is 58.3 Å². The Kier molecular flexibility index (Phi) is 9.77. The van der Waals surface area contributed by atoms with Crippen LogP contribution in [-0.2, 0) is 0 Å². The Labute approximate surface area is 250 Å². The van der Waals surface area contributed by atoms with Gasteiger partial charge >= 0.3 is 0 Å². The monoisotopic (exact) mass is 681 g/mol. The molecule has 0 unspecified atom stereocenters. The fourth-order valence-electron chi connectivity index (χ4n) is 4.37. The third-order valence-electron chi connectivity index (χ3n) is 6.36. The van der Waals surface area contributed by atoms with Crippen molar-refractivity contribution in [1.29, 1.82) is 0 Å². The lowest BCUT2D eigenvalue weighted by atomic mass is 10.0. The standard InChI is InChI=1S/C27H30ClFIN7O3/c1-27(2,14-36-9-11-37(15-30)12-10-36)35-26(40)23-22(31-16-32-23)25(39)34-19-6-4-18(5-7-19)33-24(38)20-8-3-17(29)13-21(20)28/h3-8,13,16H,9-12,14-15H2,1-2H3,(H,31,32)(H,33,38)(H,34,39)(H,35,40). The van der Waals surface area contributed by atoms with Crippen molar-refractivity contribution in [3.8, 4) is 0 Å². The number of anilines is 2. The number of aromatic nitrogens is 2. The SMILES string of the molecule is CC(C)(CN1CCN(CI)CC1)NC(=O)c1[nH]cnc1C(=O)Nc1ccc(NC(=O)c2ccc(F)cc2Cl)cc1. The van der Waals surface area contributed by atoms with Crippen LogP contribution in [0.4, 0.5) is 15.8 Å². The molecule has 3 amide bonds. The Bertz CT molecular complexity index is 1370. The Morgan fingerprint density at radius 2 is 1.57 bits per heavy atom. The van der Waals surface area contributed by atoms with Crippen LogP contribution in [0.1, 0.15) is 45.2 Å². The largest absolute Gasteiger partial charge is 0.345 e. The molecule has 3 aromatic rings. The molecule has 0 atom stereocenters. The van der Waals surface area contributed by atoms with Gasteiger partial charge in [0.05, 0.1) is 21.5 Å². The molecule has 4 rings (SSSR count). The first-order chi connectivity index (χ1) is 19.0. The number of imidazole rings is 1. The van der Waals surface area contributed by atoms with E-state index in [-0.39, 0.29) is 22.0 Å². The molecule has 0 aliphatic carbocycles. The number of aromatic amines is 1. The van der Waals surface area contributed by atoms with Gasteiger partial charge in [0.15, 0.2) is 5.69 Å². The molecule has 40 heavy (non-hydrogen) atoms. The lowest BCUT2D eigenvalue weighted by Crippen LogP contribution is -2.55. The molecule has 4 N–H and O–H groups in total. The van der Waals surface area contributed by atoms with E-state index >= 15 is 0 Å². The molecule has 2 aromatic carbocycles. The number of rotatable bonds is 9. The van der Waals surface area contributed by atoms with Gasteiger partial charge in [-0.3, -0.25) is 24.2 Å². The highest BCUT2D eigenvalue weighted by molar-refractivity contribution is 14.1. The fourth-order valence-corrected chi connectivity index (χ4v) is 5.31. The van der Waals surface area contributed by atoms with Crippen molar-refractivity contribution >= 4 is 63.3 Å². The van der Waals surface area contributed by atoms with Crippen LogP contribution in [0.2, 0.25) is 5.02 Å². The maximum Gasteiger partial charge on any atom is 0.276 e. The summed E-state index contributed by atoms with van der Waals surface area (Å²) in [6.07, 6.45) is 1.30. The van der Waals surface area contributed by atoms with Crippen molar-refractivity contribution in [3.05, 3.63) is 76.6 Å². The van der Waals surface area contributed by atoms with Gasteiger partial charge in [0.2, 0.25) is 0 Å². The van der Waals surface area contributed by atoms with E-state index < -0.39 is 29.1 Å². The lowest BCUT2D eigenvalue weighted by molar-refractivity contribution is 0.0837. The molecule has 1 aromatic heterocycles. The molecular weight excluding hydrogens is 652 g/mol.